The maximum Gasteiger partial charge on any atom is 0.350 e. The van der Waals surface area contributed by atoms with Crippen LogP contribution in [-0.2, 0) is 17.7 Å². The van der Waals surface area contributed by atoms with Gasteiger partial charge in [0.15, 0.2) is 0 Å². The molecule has 13 heteroatoms. The highest BCUT2D eigenvalue weighted by Crippen LogP contribution is 2.46. The van der Waals surface area contributed by atoms with E-state index in [1.165, 1.54) is 16.3 Å². The number of nitrogens with zero attached hydrogens (tertiary/aromatic N) is 2. The minimum Gasteiger partial charge on any atom is -0.459 e. The van der Waals surface area contributed by atoms with Gasteiger partial charge in [0.05, 0.1) is 24.0 Å². The van der Waals surface area contributed by atoms with E-state index in [9.17, 15) is 14.4 Å². The molecule has 0 saturated carbocycles. The first-order valence-electron chi connectivity index (χ1n) is 16.6. The highest BCUT2D eigenvalue weighted by Gasteiger charge is 2.57. The van der Waals surface area contributed by atoms with Crippen molar-refractivity contribution in [3.8, 4) is 0 Å². The topological polar surface area (TPSA) is 118 Å². The molecule has 0 aliphatic carbocycles. The first-order chi connectivity index (χ1) is 22.8. The molecule has 260 valence electrons. The Balaban J connectivity index is 1.65. The quantitative estimate of drug-likeness (QED) is 0.150. The van der Waals surface area contributed by atoms with Gasteiger partial charge in [-0.25, -0.2) is 9.59 Å². The van der Waals surface area contributed by atoms with Crippen molar-refractivity contribution in [2.75, 3.05) is 25.1 Å². The lowest BCUT2D eigenvalue weighted by Crippen LogP contribution is -2.63. The van der Waals surface area contributed by atoms with Crippen LogP contribution in [0, 0.1) is 0 Å². The van der Waals surface area contributed by atoms with Gasteiger partial charge in [0.25, 0.3) is 5.91 Å². The lowest BCUT2D eigenvalue weighted by atomic mass is 10.2. The van der Waals surface area contributed by atoms with Crippen LogP contribution in [0.4, 0.5) is 5.82 Å². The van der Waals surface area contributed by atoms with Gasteiger partial charge in [-0.2, -0.15) is 4.98 Å². The van der Waals surface area contributed by atoms with Crippen LogP contribution < -0.4 is 11.0 Å². The summed E-state index contributed by atoms with van der Waals surface area (Å²) < 4.78 is 28.3. The molecule has 1 atom stereocenters. The number of carbonyl (C=O) groups excluding carboxylic acids is 2. The Bertz CT molecular complexity index is 1530. The molecule has 1 aromatic heterocycles. The van der Waals surface area contributed by atoms with Gasteiger partial charge in [0.1, 0.15) is 17.8 Å². The third kappa shape index (κ3) is 8.74. The summed E-state index contributed by atoms with van der Waals surface area (Å²) in [5.74, 6) is -0.747. The highest BCUT2D eigenvalue weighted by molar-refractivity contribution is 8.00. The third-order valence-electron chi connectivity index (χ3n) is 8.66. The van der Waals surface area contributed by atoms with Gasteiger partial charge in [-0.1, -0.05) is 91.8 Å². The van der Waals surface area contributed by atoms with E-state index in [4.69, 9.17) is 17.7 Å². The summed E-state index contributed by atoms with van der Waals surface area (Å²) in [6.45, 7) is 18.0. The molecular formula is C35H49N3O7SSi2. The first kappa shape index (κ1) is 37.7. The van der Waals surface area contributed by atoms with E-state index in [0.29, 0.717) is 24.3 Å². The van der Waals surface area contributed by atoms with E-state index in [-0.39, 0.29) is 45.7 Å². The van der Waals surface area contributed by atoms with Crippen molar-refractivity contribution in [3.63, 3.8) is 0 Å². The summed E-state index contributed by atoms with van der Waals surface area (Å²) in [6.07, 6.45) is 1.57. The number of carbonyl (C=O) groups is 2. The number of anilines is 1. The molecule has 1 saturated heterocycles. The lowest BCUT2D eigenvalue weighted by Gasteiger charge is -2.50. The van der Waals surface area contributed by atoms with E-state index in [1.54, 1.807) is 60.8 Å². The average Bonchev–Trinajstić information content (AvgIpc) is 3.05. The fourth-order valence-corrected chi connectivity index (χ4v) is 18.6. The van der Waals surface area contributed by atoms with E-state index < -0.39 is 34.2 Å². The molecule has 2 heterocycles. The lowest BCUT2D eigenvalue weighted by molar-refractivity contribution is 0.0484. The van der Waals surface area contributed by atoms with Gasteiger partial charge in [0.2, 0.25) is 0 Å². The summed E-state index contributed by atoms with van der Waals surface area (Å²) in [4.78, 5) is 43.4. The molecule has 2 aromatic carbocycles. The van der Waals surface area contributed by atoms with Gasteiger partial charge < -0.3 is 23.0 Å². The van der Waals surface area contributed by atoms with Crippen LogP contribution in [0.15, 0.2) is 77.7 Å². The van der Waals surface area contributed by atoms with Gasteiger partial charge >= 0.3 is 28.8 Å². The number of aromatic nitrogens is 2. The molecule has 4 rings (SSSR count). The van der Waals surface area contributed by atoms with Gasteiger partial charge in [-0.3, -0.25) is 9.36 Å². The summed E-state index contributed by atoms with van der Waals surface area (Å²) >= 11 is 1.45. The molecule has 48 heavy (non-hydrogen) atoms. The largest absolute Gasteiger partial charge is 0.459 e. The molecule has 1 N–H and O–H groups in total. The molecule has 10 nitrogen and oxygen atoms in total. The van der Waals surface area contributed by atoms with Crippen LogP contribution in [0.25, 0.3) is 0 Å². The molecule has 0 radical (unpaired) electrons. The smallest absolute Gasteiger partial charge is 0.350 e. The predicted octanol–water partition coefficient (Wildman–Crippen LogP) is 7.54. The number of esters is 1. The van der Waals surface area contributed by atoms with Crippen LogP contribution >= 0.6 is 11.8 Å². The van der Waals surface area contributed by atoms with Crippen molar-refractivity contribution in [3.05, 3.63) is 94.5 Å². The monoisotopic (exact) mass is 711 g/mol. The van der Waals surface area contributed by atoms with Gasteiger partial charge in [-0.05, 0) is 52.5 Å². The second-order valence-corrected chi connectivity index (χ2v) is 23.7. The van der Waals surface area contributed by atoms with Gasteiger partial charge in [0, 0.05) is 11.8 Å². The highest BCUT2D eigenvalue weighted by atomic mass is 32.2. The summed E-state index contributed by atoms with van der Waals surface area (Å²) in [6, 6.07) is 19.0. The van der Waals surface area contributed by atoms with Crippen molar-refractivity contribution in [2.24, 2.45) is 0 Å². The molecule has 1 aliphatic rings. The molecule has 1 amide bonds. The van der Waals surface area contributed by atoms with Crippen LogP contribution in [0.1, 0.15) is 81.5 Å². The Labute approximate surface area is 290 Å². The number of hydrogen-bond acceptors (Lipinski definition) is 9. The zero-order valence-corrected chi connectivity index (χ0v) is 32.0. The van der Waals surface area contributed by atoms with Crippen molar-refractivity contribution >= 4 is 46.6 Å². The van der Waals surface area contributed by atoms with E-state index in [0.717, 1.165) is 0 Å². The van der Waals surface area contributed by atoms with E-state index >= 15 is 0 Å². The number of benzene rings is 2. The fraction of sp³-hybridized carbons (Fsp3) is 0.486. The molecule has 1 aliphatic heterocycles. The molecule has 0 bridgehead atoms. The summed E-state index contributed by atoms with van der Waals surface area (Å²) in [7, 11) is -5.56. The van der Waals surface area contributed by atoms with Crippen LogP contribution in [0.3, 0.4) is 0 Å². The molecule has 1 unspecified atom stereocenters. The standard InChI is InChI=1S/C35H49N3O7SSi2/c1-24(2)47(25(3)4)43-21-30(22-44-48(45-47,26(5)6)27(7)8)46-32(23-42-34(40)29-17-13-10-14-18-29)38-20-19-31(37-35(38)41)36-33(39)28-15-11-9-12-16-28/h9-20,24-27,30,32H,21-23H2,1-8H3,(H,36,37,39,41). The summed E-state index contributed by atoms with van der Waals surface area (Å²) in [5.41, 5.74) is 0.998. The van der Waals surface area contributed by atoms with Crippen molar-refractivity contribution in [1.82, 2.24) is 9.55 Å². The first-order valence-corrected chi connectivity index (χ1v) is 21.5. The Hall–Kier alpha value is -3.08. The van der Waals surface area contributed by atoms with Crippen LogP contribution in [-0.4, -0.2) is 63.6 Å². The Morgan fingerprint density at radius 3 is 1.81 bits per heavy atom. The second kappa shape index (κ2) is 16.6. The fourth-order valence-electron chi connectivity index (χ4n) is 6.04. The second-order valence-electron chi connectivity index (χ2n) is 13.3. The molecule has 3 aromatic rings. The zero-order chi connectivity index (χ0) is 35.1. The zero-order valence-electron chi connectivity index (χ0n) is 29.2. The van der Waals surface area contributed by atoms with Gasteiger partial charge in [-0.15, -0.1) is 11.8 Å². The normalized spacial score (nSPS) is 17.2. The average molecular weight is 712 g/mol. The van der Waals surface area contributed by atoms with Crippen molar-refractivity contribution in [2.45, 2.75) is 88.2 Å². The third-order valence-corrected chi connectivity index (χ3v) is 20.2. The Morgan fingerprint density at radius 2 is 1.33 bits per heavy atom. The number of hydrogen-bond donors (Lipinski definition) is 1. The van der Waals surface area contributed by atoms with E-state index in [1.807, 2.05) is 12.1 Å². The number of ether oxygens (including phenoxy) is 1. The number of amides is 1. The Morgan fingerprint density at radius 1 is 0.833 bits per heavy atom. The maximum atomic E-state index is 13.5. The summed E-state index contributed by atoms with van der Waals surface area (Å²) in [5, 5.41) is 1.84. The molecule has 1 fully saturated rings. The maximum absolute atomic E-state index is 13.5. The number of nitrogens with one attached hydrogen (secondary N) is 1. The van der Waals surface area contributed by atoms with E-state index in [2.05, 4.69) is 65.7 Å². The SMILES string of the molecule is CC(C)[Si]1(C(C)C)OCC(SC(COC(=O)c2ccccc2)n2ccc(NC(=O)c3ccccc3)nc2=O)CO[Si](C(C)C)(C(C)C)O1. The minimum atomic E-state index is -2.78. The number of thioether (sulfide) groups is 1. The van der Waals surface area contributed by atoms with Crippen LogP contribution in [0.5, 0.6) is 0 Å². The molecule has 0 spiro atoms. The molecular weight excluding hydrogens is 663 g/mol. The number of rotatable bonds is 12. The predicted molar refractivity (Wildman–Crippen MR) is 195 cm³/mol. The van der Waals surface area contributed by atoms with Crippen LogP contribution in [0.2, 0.25) is 22.2 Å². The Kier molecular flexibility index (Phi) is 13.0. The van der Waals surface area contributed by atoms with Crippen molar-refractivity contribution < 1.29 is 27.3 Å². The van der Waals surface area contributed by atoms with Crippen molar-refractivity contribution in [1.29, 1.82) is 0 Å². The minimum absolute atomic E-state index is 0.101.